The van der Waals surface area contributed by atoms with Gasteiger partial charge in [-0.2, -0.15) is 0 Å². The summed E-state index contributed by atoms with van der Waals surface area (Å²) in [6, 6.07) is 7.75. The summed E-state index contributed by atoms with van der Waals surface area (Å²) < 4.78 is 1.89. The van der Waals surface area contributed by atoms with Crippen LogP contribution in [0.3, 0.4) is 0 Å². The summed E-state index contributed by atoms with van der Waals surface area (Å²) >= 11 is 0. The van der Waals surface area contributed by atoms with E-state index in [-0.39, 0.29) is 5.91 Å². The minimum atomic E-state index is -0.0588. The summed E-state index contributed by atoms with van der Waals surface area (Å²) in [6.45, 7) is 4.76. The number of rotatable bonds is 4. The second-order valence-corrected chi connectivity index (χ2v) is 4.96. The molecule has 0 aliphatic rings. The molecule has 0 radical (unpaired) electrons. The molecule has 19 heavy (non-hydrogen) atoms. The highest BCUT2D eigenvalue weighted by Gasteiger charge is 2.07. The number of imidazole rings is 1. The normalized spacial score (nSPS) is 10.7. The van der Waals surface area contributed by atoms with E-state index in [0.29, 0.717) is 18.0 Å². The Bertz CT molecular complexity index is 555. The molecule has 1 aromatic heterocycles. The van der Waals surface area contributed by atoms with Crippen molar-refractivity contribution >= 4 is 5.91 Å². The van der Waals surface area contributed by atoms with Crippen LogP contribution in [0.4, 0.5) is 0 Å². The van der Waals surface area contributed by atoms with Crippen molar-refractivity contribution in [2.75, 3.05) is 0 Å². The minimum absolute atomic E-state index is 0.0588. The summed E-state index contributed by atoms with van der Waals surface area (Å²) in [5, 5.41) is 2.89. The zero-order valence-corrected chi connectivity index (χ0v) is 11.6. The number of nitrogens with zero attached hydrogens (tertiary/aromatic N) is 2. The molecule has 1 heterocycles. The van der Waals surface area contributed by atoms with Crippen LogP contribution in [0.1, 0.15) is 41.4 Å². The number of benzene rings is 1. The van der Waals surface area contributed by atoms with Gasteiger partial charge in [-0.3, -0.25) is 4.79 Å². The van der Waals surface area contributed by atoms with Crippen molar-refractivity contribution in [2.24, 2.45) is 7.05 Å². The van der Waals surface area contributed by atoms with Gasteiger partial charge in [0.2, 0.25) is 0 Å². The van der Waals surface area contributed by atoms with Gasteiger partial charge in [-0.1, -0.05) is 26.0 Å². The molecule has 0 aliphatic carbocycles. The molecule has 1 N–H and O–H groups in total. The second kappa shape index (κ2) is 5.69. The van der Waals surface area contributed by atoms with Crippen LogP contribution in [0.25, 0.3) is 0 Å². The van der Waals surface area contributed by atoms with Gasteiger partial charge in [0.15, 0.2) is 0 Å². The summed E-state index contributed by atoms with van der Waals surface area (Å²) in [7, 11) is 1.91. The molecule has 0 bridgehead atoms. The number of carbonyl (C=O) groups is 1. The van der Waals surface area contributed by atoms with E-state index in [2.05, 4.69) is 24.1 Å². The molecule has 0 saturated heterocycles. The zero-order valence-electron chi connectivity index (χ0n) is 11.6. The Hall–Kier alpha value is -2.10. The van der Waals surface area contributed by atoms with Crippen LogP contribution < -0.4 is 5.32 Å². The van der Waals surface area contributed by atoms with Crippen molar-refractivity contribution in [2.45, 2.75) is 26.3 Å². The predicted octanol–water partition coefficient (Wildman–Crippen LogP) is 2.47. The van der Waals surface area contributed by atoms with Gasteiger partial charge in [0.05, 0.1) is 18.6 Å². The Labute approximate surface area is 113 Å². The van der Waals surface area contributed by atoms with E-state index in [4.69, 9.17) is 0 Å². The van der Waals surface area contributed by atoms with Crippen molar-refractivity contribution in [3.63, 3.8) is 0 Å². The van der Waals surface area contributed by atoms with Gasteiger partial charge in [-0.15, -0.1) is 0 Å². The number of amides is 1. The molecule has 0 unspecified atom stereocenters. The van der Waals surface area contributed by atoms with Crippen molar-refractivity contribution in [1.29, 1.82) is 0 Å². The van der Waals surface area contributed by atoms with Gasteiger partial charge in [0.1, 0.15) is 0 Å². The SMILES string of the molecule is CC(C)c1ccc(C(=O)NCc2cncn2C)cc1. The average Bonchev–Trinajstić information content (AvgIpc) is 2.81. The molecule has 100 valence electrons. The van der Waals surface area contributed by atoms with Crippen LogP contribution in [0.2, 0.25) is 0 Å². The van der Waals surface area contributed by atoms with Crippen LogP contribution in [0.5, 0.6) is 0 Å². The summed E-state index contributed by atoms with van der Waals surface area (Å²) in [5.41, 5.74) is 2.90. The van der Waals surface area contributed by atoms with Gasteiger partial charge < -0.3 is 9.88 Å². The number of aryl methyl sites for hydroxylation is 1. The Morgan fingerprint density at radius 3 is 2.53 bits per heavy atom. The van der Waals surface area contributed by atoms with Crippen LogP contribution >= 0.6 is 0 Å². The molecule has 4 nitrogen and oxygen atoms in total. The van der Waals surface area contributed by atoms with Gasteiger partial charge in [-0.05, 0) is 23.6 Å². The third-order valence-electron chi connectivity index (χ3n) is 3.19. The number of hydrogen-bond acceptors (Lipinski definition) is 2. The molecule has 2 aromatic rings. The summed E-state index contributed by atoms with van der Waals surface area (Å²) in [6.07, 6.45) is 3.47. The lowest BCUT2D eigenvalue weighted by Gasteiger charge is -2.08. The fourth-order valence-electron chi connectivity index (χ4n) is 1.85. The first-order chi connectivity index (χ1) is 9.08. The highest BCUT2D eigenvalue weighted by Crippen LogP contribution is 2.14. The Balaban J connectivity index is 1.98. The lowest BCUT2D eigenvalue weighted by molar-refractivity contribution is 0.0950. The van der Waals surface area contributed by atoms with Crippen molar-refractivity contribution < 1.29 is 4.79 Å². The molecule has 1 aromatic carbocycles. The first kappa shape index (κ1) is 13.3. The number of nitrogens with one attached hydrogen (secondary N) is 1. The Kier molecular flexibility index (Phi) is 4.00. The maximum atomic E-state index is 12.0. The van der Waals surface area contributed by atoms with E-state index in [1.165, 1.54) is 5.56 Å². The minimum Gasteiger partial charge on any atom is -0.346 e. The molecule has 2 rings (SSSR count). The van der Waals surface area contributed by atoms with Crippen LogP contribution in [0, 0.1) is 0 Å². The lowest BCUT2D eigenvalue weighted by atomic mass is 10.0. The van der Waals surface area contributed by atoms with Crippen LogP contribution in [-0.2, 0) is 13.6 Å². The van der Waals surface area contributed by atoms with Gasteiger partial charge in [-0.25, -0.2) is 4.98 Å². The Morgan fingerprint density at radius 2 is 2.00 bits per heavy atom. The third-order valence-corrected chi connectivity index (χ3v) is 3.19. The van der Waals surface area contributed by atoms with E-state index in [1.54, 1.807) is 12.5 Å². The summed E-state index contributed by atoms with van der Waals surface area (Å²) in [4.78, 5) is 16.0. The first-order valence-corrected chi connectivity index (χ1v) is 6.41. The molecule has 0 spiro atoms. The van der Waals surface area contributed by atoms with E-state index in [0.717, 1.165) is 5.69 Å². The largest absolute Gasteiger partial charge is 0.346 e. The molecular formula is C15H19N3O. The van der Waals surface area contributed by atoms with Crippen LogP contribution in [0.15, 0.2) is 36.8 Å². The van der Waals surface area contributed by atoms with Crippen molar-refractivity contribution in [3.8, 4) is 0 Å². The predicted molar refractivity (Wildman–Crippen MR) is 74.9 cm³/mol. The molecule has 0 aliphatic heterocycles. The fourth-order valence-corrected chi connectivity index (χ4v) is 1.85. The summed E-state index contributed by atoms with van der Waals surface area (Å²) in [5.74, 6) is 0.420. The molecule has 0 saturated carbocycles. The van der Waals surface area contributed by atoms with E-state index >= 15 is 0 Å². The topological polar surface area (TPSA) is 46.9 Å². The molecule has 1 amide bonds. The number of carbonyl (C=O) groups excluding carboxylic acids is 1. The maximum absolute atomic E-state index is 12.0. The lowest BCUT2D eigenvalue weighted by Crippen LogP contribution is -2.23. The molecule has 0 fully saturated rings. The molecule has 4 heteroatoms. The molecular weight excluding hydrogens is 238 g/mol. The fraction of sp³-hybridized carbons (Fsp3) is 0.333. The van der Waals surface area contributed by atoms with E-state index < -0.39 is 0 Å². The van der Waals surface area contributed by atoms with Gasteiger partial charge >= 0.3 is 0 Å². The highest BCUT2D eigenvalue weighted by molar-refractivity contribution is 5.94. The number of hydrogen-bond donors (Lipinski definition) is 1. The van der Waals surface area contributed by atoms with Gasteiger partial charge in [0, 0.05) is 18.8 Å². The van der Waals surface area contributed by atoms with Crippen LogP contribution in [-0.4, -0.2) is 15.5 Å². The van der Waals surface area contributed by atoms with Crippen molar-refractivity contribution in [1.82, 2.24) is 14.9 Å². The monoisotopic (exact) mass is 257 g/mol. The van der Waals surface area contributed by atoms with E-state index in [1.807, 2.05) is 35.9 Å². The quantitative estimate of drug-likeness (QED) is 0.914. The maximum Gasteiger partial charge on any atom is 0.251 e. The third kappa shape index (κ3) is 3.22. The highest BCUT2D eigenvalue weighted by atomic mass is 16.1. The average molecular weight is 257 g/mol. The Morgan fingerprint density at radius 1 is 1.32 bits per heavy atom. The smallest absolute Gasteiger partial charge is 0.251 e. The molecule has 0 atom stereocenters. The van der Waals surface area contributed by atoms with E-state index in [9.17, 15) is 4.79 Å². The zero-order chi connectivity index (χ0) is 13.8. The first-order valence-electron chi connectivity index (χ1n) is 6.41. The second-order valence-electron chi connectivity index (χ2n) is 4.96. The number of aromatic nitrogens is 2. The standard InChI is InChI=1S/C15H19N3O/c1-11(2)12-4-6-13(7-5-12)15(19)17-9-14-8-16-10-18(14)3/h4-8,10-11H,9H2,1-3H3,(H,17,19). The van der Waals surface area contributed by atoms with Crippen molar-refractivity contribution in [3.05, 3.63) is 53.6 Å². The van der Waals surface area contributed by atoms with Gasteiger partial charge in [0.25, 0.3) is 5.91 Å².